The Balaban J connectivity index is 1.47. The van der Waals surface area contributed by atoms with Crippen LogP contribution in [0.15, 0.2) is 83.9 Å². The molecule has 0 spiro atoms. The molecule has 3 N–H and O–H groups in total. The molecule has 3 aromatic carbocycles. The van der Waals surface area contributed by atoms with Crippen LogP contribution in [-0.4, -0.2) is 39.8 Å². The maximum Gasteiger partial charge on any atom is 0.416 e. The highest BCUT2D eigenvalue weighted by atomic mass is 32.2. The molecule has 0 aliphatic carbocycles. The number of H-pyrrole nitrogens is 1. The second kappa shape index (κ2) is 11.5. The summed E-state index contributed by atoms with van der Waals surface area (Å²) in [5.74, 6) is 0.158. The van der Waals surface area contributed by atoms with Crippen LogP contribution in [0, 0.1) is 0 Å². The number of alkyl halides is 3. The minimum Gasteiger partial charge on any atom is -0.497 e. The van der Waals surface area contributed by atoms with Crippen LogP contribution in [0.3, 0.4) is 0 Å². The van der Waals surface area contributed by atoms with E-state index in [0.717, 1.165) is 18.2 Å². The van der Waals surface area contributed by atoms with Crippen LogP contribution in [0.25, 0.3) is 11.3 Å². The van der Waals surface area contributed by atoms with Crippen molar-refractivity contribution in [1.82, 2.24) is 19.4 Å². The number of methoxy groups -OCH3 is 1. The number of hydrogen-bond acceptors (Lipinski definition) is 7. The lowest BCUT2D eigenvalue weighted by molar-refractivity contribution is -0.137. The number of rotatable bonds is 9. The second-order valence-corrected chi connectivity index (χ2v) is 13.4. The Morgan fingerprint density at radius 3 is 2.44 bits per heavy atom. The molecule has 2 atom stereocenters. The molecule has 43 heavy (non-hydrogen) atoms. The number of halogens is 3. The minimum atomic E-state index is -4.74. The summed E-state index contributed by atoms with van der Waals surface area (Å²) in [6, 6.07) is 15.6. The van der Waals surface area contributed by atoms with Gasteiger partial charge in [-0.3, -0.25) is 9.52 Å². The van der Waals surface area contributed by atoms with Gasteiger partial charge in [0.15, 0.2) is 0 Å². The monoisotopic (exact) mass is 634 g/mol. The molecular weight excluding hydrogens is 609 g/mol. The lowest BCUT2D eigenvalue weighted by Gasteiger charge is -2.18. The molecule has 1 amide bonds. The third-order valence-corrected chi connectivity index (χ3v) is 10.0. The summed E-state index contributed by atoms with van der Waals surface area (Å²) in [6.07, 6.45) is -3.47. The highest BCUT2D eigenvalue weighted by Crippen LogP contribution is 2.33. The number of sulfonamides is 2. The quantitative estimate of drug-likeness (QED) is 0.249. The first kappa shape index (κ1) is 30.3. The van der Waals surface area contributed by atoms with Crippen molar-refractivity contribution in [3.63, 3.8) is 0 Å². The normalized spacial score (nSPS) is 17.4. The van der Waals surface area contributed by atoms with Crippen molar-refractivity contribution in [2.24, 2.45) is 0 Å². The van der Waals surface area contributed by atoms with E-state index in [1.807, 2.05) is 4.72 Å². The van der Waals surface area contributed by atoms with Crippen LogP contribution in [-0.2, 0) is 37.4 Å². The number of benzene rings is 3. The van der Waals surface area contributed by atoms with Crippen molar-refractivity contribution in [1.29, 1.82) is 0 Å². The number of carbonyl (C=O) groups is 1. The first-order valence-corrected chi connectivity index (χ1v) is 15.8. The van der Waals surface area contributed by atoms with Gasteiger partial charge in [-0.1, -0.05) is 42.5 Å². The summed E-state index contributed by atoms with van der Waals surface area (Å²) in [4.78, 5) is 18.5. The number of ether oxygens (including phenoxy) is 1. The molecule has 1 aromatic heterocycles. The van der Waals surface area contributed by atoms with Gasteiger partial charge in [-0.25, -0.2) is 26.5 Å². The lowest BCUT2D eigenvalue weighted by atomic mass is 10.0. The Morgan fingerprint density at radius 2 is 1.79 bits per heavy atom. The van der Waals surface area contributed by atoms with E-state index in [9.17, 15) is 34.8 Å². The molecule has 2 unspecified atom stereocenters. The third-order valence-electron chi connectivity index (χ3n) is 6.87. The van der Waals surface area contributed by atoms with Crippen molar-refractivity contribution in [3.05, 3.63) is 102 Å². The molecule has 1 aliphatic rings. The van der Waals surface area contributed by atoms with Crippen molar-refractivity contribution in [2.45, 2.75) is 35.2 Å². The lowest BCUT2D eigenvalue weighted by Crippen LogP contribution is -2.31. The molecule has 0 radical (unpaired) electrons. The maximum atomic E-state index is 13.3. The largest absolute Gasteiger partial charge is 0.497 e. The van der Waals surface area contributed by atoms with Crippen LogP contribution < -0.4 is 14.2 Å². The van der Waals surface area contributed by atoms with Crippen molar-refractivity contribution >= 4 is 26.0 Å². The number of carbonyl (C=O) groups excluding carboxylic acids is 1. The van der Waals surface area contributed by atoms with E-state index in [2.05, 4.69) is 14.7 Å². The first-order valence-electron chi connectivity index (χ1n) is 12.8. The van der Waals surface area contributed by atoms with E-state index in [4.69, 9.17) is 4.74 Å². The molecule has 2 heterocycles. The van der Waals surface area contributed by atoms with Gasteiger partial charge in [-0.2, -0.15) is 13.2 Å². The molecule has 0 bridgehead atoms. The Bertz CT molecular complexity index is 1870. The van der Waals surface area contributed by atoms with Gasteiger partial charge in [0.1, 0.15) is 16.8 Å². The summed E-state index contributed by atoms with van der Waals surface area (Å²) in [5.41, 5.74) is 1.06. The standard InChI is InChI=1S/C28H25F3N4O6S2/c1-41-21-6-2-4-19(13-21)24-16-32-27(33-24)23(34-42(37,38)22-7-3-5-20(14-22)28(29,30)31)12-17-8-10-18(11-9-17)25-15-26(36)35-43(25,39)40/h2-11,13-14,16,23,25,34H,12,15H2,1H3,(H,32,33)(H,35,36). The van der Waals surface area contributed by atoms with Crippen molar-refractivity contribution in [3.8, 4) is 17.0 Å². The Kier molecular flexibility index (Phi) is 8.07. The fourth-order valence-electron chi connectivity index (χ4n) is 4.69. The Labute approximate surface area is 245 Å². The van der Waals surface area contributed by atoms with E-state index in [0.29, 0.717) is 34.2 Å². The molecule has 5 rings (SSSR count). The van der Waals surface area contributed by atoms with E-state index in [1.165, 1.54) is 25.4 Å². The summed E-state index contributed by atoms with van der Waals surface area (Å²) in [7, 11) is -6.82. The molecular formula is C28H25F3N4O6S2. The average Bonchev–Trinajstić information content (AvgIpc) is 3.56. The molecule has 226 valence electrons. The molecule has 1 aliphatic heterocycles. The molecule has 10 nitrogen and oxygen atoms in total. The van der Waals surface area contributed by atoms with Crippen LogP contribution in [0.2, 0.25) is 0 Å². The number of nitrogens with one attached hydrogen (secondary N) is 3. The SMILES string of the molecule is COc1cccc(-c2cnc(C(Cc3ccc(C4CC(=O)NS4(=O)=O)cc3)NS(=O)(=O)c3cccc(C(F)(F)F)c3)[nH]2)c1. The molecule has 4 aromatic rings. The van der Waals surface area contributed by atoms with Gasteiger partial charge in [0.2, 0.25) is 26.0 Å². The van der Waals surface area contributed by atoms with E-state index >= 15 is 0 Å². The highest BCUT2D eigenvalue weighted by molar-refractivity contribution is 7.90. The smallest absolute Gasteiger partial charge is 0.416 e. The van der Waals surface area contributed by atoms with Gasteiger partial charge in [0.25, 0.3) is 0 Å². The predicted molar refractivity (Wildman–Crippen MR) is 150 cm³/mol. The van der Waals surface area contributed by atoms with Gasteiger partial charge in [-0.15, -0.1) is 0 Å². The number of amides is 1. The van der Waals surface area contributed by atoms with Crippen LogP contribution in [0.4, 0.5) is 13.2 Å². The fraction of sp³-hybridized carbons (Fsp3) is 0.214. The molecule has 1 fully saturated rings. The Morgan fingerprint density at radius 1 is 1.07 bits per heavy atom. The van der Waals surface area contributed by atoms with Crippen molar-refractivity contribution in [2.75, 3.05) is 7.11 Å². The third kappa shape index (κ3) is 6.73. The number of hydrogen-bond donors (Lipinski definition) is 3. The van der Waals surface area contributed by atoms with E-state index < -0.39 is 53.9 Å². The summed E-state index contributed by atoms with van der Waals surface area (Å²) in [5, 5.41) is -1.06. The van der Waals surface area contributed by atoms with Crippen molar-refractivity contribution < 1.29 is 39.5 Å². The zero-order valence-electron chi connectivity index (χ0n) is 22.4. The topological polar surface area (TPSA) is 147 Å². The summed E-state index contributed by atoms with van der Waals surface area (Å²) < 4.78 is 101. The van der Waals surface area contributed by atoms with Gasteiger partial charge < -0.3 is 9.72 Å². The number of aromatic amines is 1. The summed E-state index contributed by atoms with van der Waals surface area (Å²) in [6.45, 7) is 0. The van der Waals surface area contributed by atoms with E-state index in [-0.39, 0.29) is 18.7 Å². The number of nitrogens with zero attached hydrogens (tertiary/aromatic N) is 1. The Hall–Kier alpha value is -4.21. The van der Waals surface area contributed by atoms with Gasteiger partial charge in [0.05, 0.1) is 41.9 Å². The van der Waals surface area contributed by atoms with Crippen LogP contribution in [0.5, 0.6) is 5.75 Å². The highest BCUT2D eigenvalue weighted by Gasteiger charge is 2.38. The molecule has 1 saturated heterocycles. The minimum absolute atomic E-state index is 0.00185. The number of imidazole rings is 1. The maximum absolute atomic E-state index is 13.3. The molecule has 15 heteroatoms. The fourth-order valence-corrected chi connectivity index (χ4v) is 7.37. The first-order chi connectivity index (χ1) is 20.2. The van der Waals surface area contributed by atoms with E-state index in [1.54, 1.807) is 36.4 Å². The molecule has 0 saturated carbocycles. The predicted octanol–water partition coefficient (Wildman–Crippen LogP) is 4.26. The van der Waals surface area contributed by atoms with Crippen LogP contribution in [0.1, 0.15) is 40.2 Å². The van der Waals surface area contributed by atoms with Crippen LogP contribution >= 0.6 is 0 Å². The summed E-state index contributed by atoms with van der Waals surface area (Å²) >= 11 is 0. The zero-order valence-corrected chi connectivity index (χ0v) is 24.1. The average molecular weight is 635 g/mol. The van der Waals surface area contributed by atoms with Gasteiger partial charge in [0, 0.05) is 5.56 Å². The van der Waals surface area contributed by atoms with Gasteiger partial charge in [-0.05, 0) is 47.9 Å². The number of aromatic nitrogens is 2. The second-order valence-electron chi connectivity index (χ2n) is 9.82. The van der Waals surface area contributed by atoms with Gasteiger partial charge >= 0.3 is 6.18 Å². The zero-order chi connectivity index (χ0) is 31.0.